The van der Waals surface area contributed by atoms with E-state index in [1.807, 2.05) is 11.8 Å². The van der Waals surface area contributed by atoms with Crippen molar-refractivity contribution < 1.29 is 22.7 Å². The molecule has 2 aliphatic heterocycles. The number of nitrogens with one attached hydrogen (secondary N) is 1. The molecule has 2 aromatic carbocycles. The molecule has 1 N–H and O–H groups in total. The first kappa shape index (κ1) is 21.5. The van der Waals surface area contributed by atoms with Crippen LogP contribution < -0.4 is 14.2 Å². The van der Waals surface area contributed by atoms with Crippen LogP contribution in [0.15, 0.2) is 41.3 Å². The predicted molar refractivity (Wildman–Crippen MR) is 118 cm³/mol. The Hall–Kier alpha value is -2.74. The van der Waals surface area contributed by atoms with Gasteiger partial charge in [-0.25, -0.2) is 8.42 Å². The van der Waals surface area contributed by atoms with Crippen molar-refractivity contribution in [2.45, 2.75) is 50.5 Å². The second-order valence-electron chi connectivity index (χ2n) is 7.98. The maximum Gasteiger partial charge on any atom is 0.265 e. The van der Waals surface area contributed by atoms with Gasteiger partial charge in [-0.3, -0.25) is 9.52 Å². The number of nitrogens with zero attached hydrogens (tertiary/aromatic N) is 1. The molecule has 1 fully saturated rings. The summed E-state index contributed by atoms with van der Waals surface area (Å²) in [6.07, 6.45) is 3.88. The Bertz CT molecular complexity index is 1080. The van der Waals surface area contributed by atoms with Crippen molar-refractivity contribution >= 4 is 21.6 Å². The fourth-order valence-electron chi connectivity index (χ4n) is 4.22. The fraction of sp³-hybridized carbons (Fsp3) is 0.435. The van der Waals surface area contributed by atoms with Crippen LogP contribution in [-0.2, 0) is 10.0 Å². The first-order valence-electron chi connectivity index (χ1n) is 10.7. The number of aryl methyl sites for hydroxylation is 1. The second kappa shape index (κ2) is 8.78. The molecule has 4 rings (SSSR count). The molecule has 1 amide bonds. The molecule has 0 aromatic heterocycles. The number of amides is 1. The average Bonchev–Trinajstić information content (AvgIpc) is 2.74. The van der Waals surface area contributed by atoms with Gasteiger partial charge in [0.1, 0.15) is 16.4 Å². The van der Waals surface area contributed by atoms with Crippen LogP contribution in [0.5, 0.6) is 11.5 Å². The molecule has 7 nitrogen and oxygen atoms in total. The van der Waals surface area contributed by atoms with Crippen LogP contribution in [0.3, 0.4) is 0 Å². The van der Waals surface area contributed by atoms with Gasteiger partial charge in [0.15, 0.2) is 0 Å². The summed E-state index contributed by atoms with van der Waals surface area (Å²) in [7, 11) is -3.91. The van der Waals surface area contributed by atoms with Crippen molar-refractivity contribution in [3.8, 4) is 11.5 Å². The third-order valence-electron chi connectivity index (χ3n) is 5.75. The lowest BCUT2D eigenvalue weighted by molar-refractivity contribution is 0.0548. The van der Waals surface area contributed by atoms with Gasteiger partial charge in [0.05, 0.1) is 18.8 Å². The van der Waals surface area contributed by atoms with Gasteiger partial charge in [-0.2, -0.15) is 0 Å². The zero-order chi connectivity index (χ0) is 22.0. The summed E-state index contributed by atoms with van der Waals surface area (Å²) in [5.41, 5.74) is 1.51. The molecule has 0 spiro atoms. The third-order valence-corrected chi connectivity index (χ3v) is 7.15. The first-order chi connectivity index (χ1) is 14.9. The molecule has 1 atom stereocenters. The number of piperidine rings is 1. The number of fused-ring (bicyclic) bond motifs is 2. The van der Waals surface area contributed by atoms with Gasteiger partial charge >= 0.3 is 0 Å². The Labute approximate surface area is 183 Å². The molecule has 1 saturated heterocycles. The zero-order valence-electron chi connectivity index (χ0n) is 17.9. The SMILES string of the molecule is CCOc1ccc(C)cc1S(=O)(=O)Nc1ccc2c(c1)C(=O)N1CCCCC1CCO2. The van der Waals surface area contributed by atoms with E-state index in [9.17, 15) is 13.2 Å². The largest absolute Gasteiger partial charge is 0.493 e. The maximum absolute atomic E-state index is 13.2. The average molecular weight is 445 g/mol. The van der Waals surface area contributed by atoms with E-state index in [0.29, 0.717) is 36.0 Å². The number of rotatable bonds is 5. The summed E-state index contributed by atoms with van der Waals surface area (Å²) in [6.45, 7) is 5.24. The number of sulfonamides is 1. The molecule has 8 heteroatoms. The summed E-state index contributed by atoms with van der Waals surface area (Å²) in [6, 6.07) is 10.1. The molecule has 2 aromatic rings. The second-order valence-corrected chi connectivity index (χ2v) is 9.64. The molecule has 1 unspecified atom stereocenters. The quantitative estimate of drug-likeness (QED) is 0.754. The highest BCUT2D eigenvalue weighted by Crippen LogP contribution is 2.32. The monoisotopic (exact) mass is 444 g/mol. The van der Waals surface area contributed by atoms with E-state index in [4.69, 9.17) is 9.47 Å². The highest BCUT2D eigenvalue weighted by Gasteiger charge is 2.31. The molecule has 31 heavy (non-hydrogen) atoms. The minimum atomic E-state index is -3.91. The Morgan fingerprint density at radius 2 is 2.00 bits per heavy atom. The van der Waals surface area contributed by atoms with Crippen LogP contribution in [0.25, 0.3) is 0 Å². The highest BCUT2D eigenvalue weighted by atomic mass is 32.2. The van der Waals surface area contributed by atoms with Crippen LogP contribution in [0.1, 0.15) is 48.5 Å². The van der Waals surface area contributed by atoms with E-state index < -0.39 is 10.0 Å². The summed E-state index contributed by atoms with van der Waals surface area (Å²) in [5.74, 6) is 0.677. The van der Waals surface area contributed by atoms with Crippen molar-refractivity contribution in [2.75, 3.05) is 24.5 Å². The van der Waals surface area contributed by atoms with Gasteiger partial charge in [-0.05, 0) is 69.0 Å². The van der Waals surface area contributed by atoms with E-state index in [2.05, 4.69) is 4.72 Å². The van der Waals surface area contributed by atoms with Crippen molar-refractivity contribution in [1.82, 2.24) is 4.90 Å². The van der Waals surface area contributed by atoms with E-state index in [1.54, 1.807) is 43.3 Å². The molecule has 166 valence electrons. The summed E-state index contributed by atoms with van der Waals surface area (Å²) < 4.78 is 40.2. The third kappa shape index (κ3) is 4.49. The van der Waals surface area contributed by atoms with Crippen LogP contribution >= 0.6 is 0 Å². The lowest BCUT2D eigenvalue weighted by Crippen LogP contribution is -2.45. The number of hydrogen-bond acceptors (Lipinski definition) is 5. The zero-order valence-corrected chi connectivity index (χ0v) is 18.7. The molecule has 0 saturated carbocycles. The number of benzene rings is 2. The number of carbonyl (C=O) groups is 1. The smallest absolute Gasteiger partial charge is 0.265 e. The van der Waals surface area contributed by atoms with Gasteiger partial charge in [0, 0.05) is 24.7 Å². The van der Waals surface area contributed by atoms with E-state index in [-0.39, 0.29) is 16.8 Å². The summed E-state index contributed by atoms with van der Waals surface area (Å²) >= 11 is 0. The number of ether oxygens (including phenoxy) is 2. The van der Waals surface area contributed by atoms with E-state index >= 15 is 0 Å². The van der Waals surface area contributed by atoms with Gasteiger partial charge < -0.3 is 14.4 Å². The maximum atomic E-state index is 13.2. The Balaban J connectivity index is 1.66. The molecular formula is C23H28N2O5S. The van der Waals surface area contributed by atoms with Crippen molar-refractivity contribution in [3.63, 3.8) is 0 Å². The fourth-order valence-corrected chi connectivity index (χ4v) is 5.50. The standard InChI is InChI=1S/C23H28N2O5S/c1-3-29-21-9-7-16(2)14-22(21)31(27,28)24-17-8-10-20-19(15-17)23(26)25-12-5-4-6-18(25)11-13-30-20/h7-10,14-15,18,24H,3-6,11-13H2,1-2H3. The Morgan fingerprint density at radius 3 is 2.81 bits per heavy atom. The minimum absolute atomic E-state index is 0.0692. The van der Waals surface area contributed by atoms with Crippen LogP contribution in [0.2, 0.25) is 0 Å². The van der Waals surface area contributed by atoms with Crippen molar-refractivity contribution in [3.05, 3.63) is 47.5 Å². The highest BCUT2D eigenvalue weighted by molar-refractivity contribution is 7.92. The van der Waals surface area contributed by atoms with Crippen LogP contribution in [-0.4, -0.2) is 45.0 Å². The van der Waals surface area contributed by atoms with Gasteiger partial charge in [0.25, 0.3) is 15.9 Å². The first-order valence-corrected chi connectivity index (χ1v) is 12.2. The molecule has 0 radical (unpaired) electrons. The topological polar surface area (TPSA) is 84.9 Å². The lowest BCUT2D eigenvalue weighted by Gasteiger charge is -2.37. The van der Waals surface area contributed by atoms with Gasteiger partial charge in [-0.1, -0.05) is 6.07 Å². The Morgan fingerprint density at radius 1 is 1.16 bits per heavy atom. The van der Waals surface area contributed by atoms with E-state index in [1.165, 1.54) is 0 Å². The molecule has 2 heterocycles. The number of anilines is 1. The molecule has 0 bridgehead atoms. The lowest BCUT2D eigenvalue weighted by atomic mass is 9.97. The van der Waals surface area contributed by atoms with E-state index in [0.717, 1.165) is 37.8 Å². The van der Waals surface area contributed by atoms with Crippen molar-refractivity contribution in [1.29, 1.82) is 0 Å². The normalized spacial score (nSPS) is 18.8. The predicted octanol–water partition coefficient (Wildman–Crippen LogP) is 3.97. The summed E-state index contributed by atoms with van der Waals surface area (Å²) in [4.78, 5) is 15.2. The molecular weight excluding hydrogens is 416 g/mol. The Kier molecular flexibility index (Phi) is 6.09. The van der Waals surface area contributed by atoms with Gasteiger partial charge in [-0.15, -0.1) is 0 Å². The summed E-state index contributed by atoms with van der Waals surface area (Å²) in [5, 5.41) is 0. The van der Waals surface area contributed by atoms with Crippen LogP contribution in [0.4, 0.5) is 5.69 Å². The van der Waals surface area contributed by atoms with Crippen LogP contribution in [0, 0.1) is 6.92 Å². The van der Waals surface area contributed by atoms with Crippen molar-refractivity contribution in [2.24, 2.45) is 0 Å². The molecule has 2 aliphatic rings. The number of carbonyl (C=O) groups excluding carboxylic acids is 1. The number of hydrogen-bond donors (Lipinski definition) is 1. The minimum Gasteiger partial charge on any atom is -0.493 e. The van der Waals surface area contributed by atoms with Gasteiger partial charge in [0.2, 0.25) is 0 Å². The molecule has 0 aliphatic carbocycles.